The number of aromatic amines is 1. The fourth-order valence-electron chi connectivity index (χ4n) is 1.58. The molecule has 0 fully saturated rings. The normalized spacial score (nSPS) is 13.4. The van der Waals surface area contributed by atoms with Gasteiger partial charge in [0.15, 0.2) is 0 Å². The van der Waals surface area contributed by atoms with Crippen LogP contribution in [0.5, 0.6) is 0 Å². The van der Waals surface area contributed by atoms with Crippen molar-refractivity contribution < 1.29 is 8.42 Å². The van der Waals surface area contributed by atoms with Gasteiger partial charge in [-0.25, -0.2) is 18.1 Å². The maximum atomic E-state index is 11.9. The fourth-order valence-corrected chi connectivity index (χ4v) is 2.95. The predicted molar refractivity (Wildman–Crippen MR) is 67.0 cm³/mol. The summed E-state index contributed by atoms with van der Waals surface area (Å²) in [5.41, 5.74) is 0.745. The van der Waals surface area contributed by atoms with Crippen molar-refractivity contribution in [2.45, 2.75) is 18.7 Å². The molecule has 0 saturated heterocycles. The van der Waals surface area contributed by atoms with Crippen molar-refractivity contribution in [1.29, 1.82) is 0 Å². The lowest BCUT2D eigenvalue weighted by molar-refractivity contribution is 0.559. The Morgan fingerprint density at radius 2 is 2.06 bits per heavy atom. The summed E-state index contributed by atoms with van der Waals surface area (Å²) in [6, 6.07) is 8.59. The Balaban J connectivity index is 2.04. The number of sulfonamides is 1. The molecule has 1 unspecified atom stereocenters. The van der Waals surface area contributed by atoms with Crippen LogP contribution in [0.15, 0.2) is 36.7 Å². The fraction of sp³-hybridized carbons (Fsp3) is 0.273. The molecule has 2 aromatic rings. The first-order valence-electron chi connectivity index (χ1n) is 5.46. The van der Waals surface area contributed by atoms with Gasteiger partial charge in [0.25, 0.3) is 0 Å². The maximum absolute atomic E-state index is 11.9. The molecule has 6 nitrogen and oxygen atoms in total. The Labute approximate surface area is 106 Å². The first-order chi connectivity index (χ1) is 8.57. The molecule has 1 atom stereocenters. The largest absolute Gasteiger partial charge is 0.262 e. The van der Waals surface area contributed by atoms with E-state index in [0.29, 0.717) is 5.82 Å². The van der Waals surface area contributed by atoms with Crippen LogP contribution in [0.1, 0.15) is 24.4 Å². The van der Waals surface area contributed by atoms with E-state index in [9.17, 15) is 8.42 Å². The van der Waals surface area contributed by atoms with Gasteiger partial charge in [-0.2, -0.15) is 5.10 Å². The van der Waals surface area contributed by atoms with Crippen LogP contribution in [0.4, 0.5) is 0 Å². The lowest BCUT2D eigenvalue weighted by Gasteiger charge is -2.11. The smallest absolute Gasteiger partial charge is 0.216 e. The molecule has 1 aromatic heterocycles. The molecule has 18 heavy (non-hydrogen) atoms. The van der Waals surface area contributed by atoms with Gasteiger partial charge < -0.3 is 0 Å². The second-order valence-corrected chi connectivity index (χ2v) is 5.71. The summed E-state index contributed by atoms with van der Waals surface area (Å²) in [7, 11) is -3.40. The second-order valence-electron chi connectivity index (χ2n) is 3.95. The van der Waals surface area contributed by atoms with E-state index in [0.717, 1.165) is 5.56 Å². The third-order valence-corrected chi connectivity index (χ3v) is 3.83. The molecule has 0 aliphatic rings. The number of benzene rings is 1. The second kappa shape index (κ2) is 5.28. The molecular weight excluding hydrogens is 252 g/mol. The molecular formula is C11H14N4O2S. The zero-order chi connectivity index (χ0) is 13.0. The maximum Gasteiger partial charge on any atom is 0.216 e. The average Bonchev–Trinajstić information content (AvgIpc) is 2.82. The summed E-state index contributed by atoms with van der Waals surface area (Å²) in [5.74, 6) is 0.443. The molecule has 2 N–H and O–H groups in total. The van der Waals surface area contributed by atoms with Crippen LogP contribution in [-0.4, -0.2) is 23.6 Å². The van der Waals surface area contributed by atoms with E-state index < -0.39 is 16.1 Å². The average molecular weight is 266 g/mol. The summed E-state index contributed by atoms with van der Waals surface area (Å²) in [6.45, 7) is 1.71. The molecule has 96 valence electrons. The lowest BCUT2D eigenvalue weighted by atomic mass is 10.2. The summed E-state index contributed by atoms with van der Waals surface area (Å²) in [6.07, 6.45) is 1.34. The molecule has 0 aliphatic heterocycles. The van der Waals surface area contributed by atoms with E-state index in [-0.39, 0.29) is 5.75 Å². The first-order valence-corrected chi connectivity index (χ1v) is 7.11. The van der Waals surface area contributed by atoms with Crippen LogP contribution in [-0.2, 0) is 15.8 Å². The summed E-state index contributed by atoms with van der Waals surface area (Å²) < 4.78 is 26.4. The summed E-state index contributed by atoms with van der Waals surface area (Å²) in [4.78, 5) is 3.91. The van der Waals surface area contributed by atoms with Gasteiger partial charge >= 0.3 is 0 Å². The van der Waals surface area contributed by atoms with E-state index >= 15 is 0 Å². The molecule has 0 saturated carbocycles. The van der Waals surface area contributed by atoms with Crippen molar-refractivity contribution in [3.8, 4) is 0 Å². The standard InChI is InChI=1S/C11H14N4O2S/c1-9(11-12-8-13-14-11)15-18(16,17)7-10-5-3-2-4-6-10/h2-6,8-9,15H,7H2,1H3,(H,12,13,14). The number of hydrogen-bond donors (Lipinski definition) is 2. The Bertz CT molecular complexity index is 581. The van der Waals surface area contributed by atoms with Crippen LogP contribution in [0, 0.1) is 0 Å². The highest BCUT2D eigenvalue weighted by molar-refractivity contribution is 7.88. The number of H-pyrrole nitrogens is 1. The Morgan fingerprint density at radius 3 is 2.67 bits per heavy atom. The number of aromatic nitrogens is 3. The van der Waals surface area contributed by atoms with Crippen molar-refractivity contribution in [3.05, 3.63) is 48.0 Å². The van der Waals surface area contributed by atoms with Gasteiger partial charge in [-0.3, -0.25) is 5.10 Å². The van der Waals surface area contributed by atoms with Crippen molar-refractivity contribution in [3.63, 3.8) is 0 Å². The molecule has 7 heteroatoms. The zero-order valence-electron chi connectivity index (χ0n) is 9.87. The highest BCUT2D eigenvalue weighted by Crippen LogP contribution is 2.10. The Hall–Kier alpha value is -1.73. The van der Waals surface area contributed by atoms with Gasteiger partial charge in [-0.05, 0) is 12.5 Å². The van der Waals surface area contributed by atoms with Crippen LogP contribution in [0.3, 0.4) is 0 Å². The third kappa shape index (κ3) is 3.38. The van der Waals surface area contributed by atoms with Crippen LogP contribution >= 0.6 is 0 Å². The van der Waals surface area contributed by atoms with Gasteiger partial charge in [0.05, 0.1) is 11.8 Å². The highest BCUT2D eigenvalue weighted by Gasteiger charge is 2.17. The van der Waals surface area contributed by atoms with E-state index in [1.54, 1.807) is 19.1 Å². The molecule has 0 bridgehead atoms. The van der Waals surface area contributed by atoms with Crippen molar-refractivity contribution in [2.75, 3.05) is 0 Å². The number of hydrogen-bond acceptors (Lipinski definition) is 4. The van der Waals surface area contributed by atoms with E-state index in [1.165, 1.54) is 6.33 Å². The van der Waals surface area contributed by atoms with Gasteiger partial charge in [0.1, 0.15) is 12.2 Å². The molecule has 0 radical (unpaired) electrons. The van der Waals surface area contributed by atoms with Crippen LogP contribution in [0.25, 0.3) is 0 Å². The number of nitrogens with one attached hydrogen (secondary N) is 2. The molecule has 2 rings (SSSR count). The number of nitrogens with zero attached hydrogens (tertiary/aromatic N) is 2. The van der Waals surface area contributed by atoms with Crippen molar-refractivity contribution in [2.24, 2.45) is 0 Å². The first kappa shape index (κ1) is 12.7. The van der Waals surface area contributed by atoms with Gasteiger partial charge in [0.2, 0.25) is 10.0 Å². The molecule has 0 amide bonds. The van der Waals surface area contributed by atoms with Gasteiger partial charge in [-0.15, -0.1) is 0 Å². The molecule has 0 aliphatic carbocycles. The minimum atomic E-state index is -3.40. The zero-order valence-corrected chi connectivity index (χ0v) is 10.7. The van der Waals surface area contributed by atoms with Crippen LogP contribution < -0.4 is 4.72 Å². The van der Waals surface area contributed by atoms with E-state index in [1.807, 2.05) is 18.2 Å². The predicted octanol–water partition coefficient (Wildman–Crippen LogP) is 0.985. The highest BCUT2D eigenvalue weighted by atomic mass is 32.2. The van der Waals surface area contributed by atoms with Gasteiger partial charge in [0, 0.05) is 0 Å². The van der Waals surface area contributed by atoms with E-state index in [4.69, 9.17) is 0 Å². The SMILES string of the molecule is CC(NS(=O)(=O)Cc1ccccc1)c1ncn[nH]1. The lowest BCUT2D eigenvalue weighted by Crippen LogP contribution is -2.28. The van der Waals surface area contributed by atoms with Crippen molar-refractivity contribution in [1.82, 2.24) is 19.9 Å². The minimum absolute atomic E-state index is 0.0493. The molecule has 1 aromatic carbocycles. The van der Waals surface area contributed by atoms with Crippen LogP contribution in [0.2, 0.25) is 0 Å². The Kier molecular flexibility index (Phi) is 3.73. The van der Waals surface area contributed by atoms with Gasteiger partial charge in [-0.1, -0.05) is 30.3 Å². The minimum Gasteiger partial charge on any atom is -0.262 e. The number of rotatable bonds is 5. The summed E-state index contributed by atoms with van der Waals surface area (Å²) in [5, 5.41) is 6.32. The molecule has 0 spiro atoms. The van der Waals surface area contributed by atoms with Crippen molar-refractivity contribution >= 4 is 10.0 Å². The van der Waals surface area contributed by atoms with E-state index in [2.05, 4.69) is 19.9 Å². The topological polar surface area (TPSA) is 87.7 Å². The Morgan fingerprint density at radius 1 is 1.33 bits per heavy atom. The quantitative estimate of drug-likeness (QED) is 0.844. The monoisotopic (exact) mass is 266 g/mol. The third-order valence-electron chi connectivity index (χ3n) is 2.40. The summed E-state index contributed by atoms with van der Waals surface area (Å²) >= 11 is 0. The molecule has 1 heterocycles.